The molecule has 0 atom stereocenters. The Labute approximate surface area is 147 Å². The van der Waals surface area contributed by atoms with Crippen LogP contribution in [0.4, 0.5) is 4.39 Å². The zero-order valence-electron chi connectivity index (χ0n) is 12.9. The quantitative estimate of drug-likeness (QED) is 0.430. The summed E-state index contributed by atoms with van der Waals surface area (Å²) < 4.78 is 17.2. The molecule has 0 saturated carbocycles. The number of benzene rings is 1. The van der Waals surface area contributed by atoms with Crippen LogP contribution in [0.25, 0.3) is 28.3 Å². The number of hydrogen-bond acceptors (Lipinski definition) is 3. The van der Waals surface area contributed by atoms with Crippen LogP contribution in [0.5, 0.6) is 0 Å². The lowest BCUT2D eigenvalue weighted by Crippen LogP contribution is -2.00. The molecule has 4 heterocycles. The first-order valence-corrected chi connectivity index (χ1v) is 8.08. The maximum atomic E-state index is 13.2. The zero-order valence-corrected chi connectivity index (χ0v) is 13.7. The maximum Gasteiger partial charge on any atom is 0.185 e. The molecule has 1 aromatic carbocycles. The molecule has 0 radical (unpaired) electrons. The van der Waals surface area contributed by atoms with Crippen LogP contribution in [0, 0.1) is 5.82 Å². The average Bonchev–Trinajstić information content (AvgIpc) is 3.21. The van der Waals surface area contributed by atoms with Gasteiger partial charge in [-0.1, -0.05) is 23.7 Å². The number of hydrogen-bond donors (Lipinski definition) is 0. The van der Waals surface area contributed by atoms with Crippen molar-refractivity contribution in [2.75, 3.05) is 0 Å². The highest BCUT2D eigenvalue weighted by Gasteiger charge is 2.22. The van der Waals surface area contributed by atoms with Gasteiger partial charge < -0.3 is 4.57 Å². The largest absolute Gasteiger partial charge is 0.340 e. The molecule has 1 aliphatic heterocycles. The fraction of sp³-hybridized carbons (Fsp3) is 0.0556. The fourth-order valence-electron chi connectivity index (χ4n) is 3.20. The van der Waals surface area contributed by atoms with Crippen molar-refractivity contribution >= 4 is 11.6 Å². The van der Waals surface area contributed by atoms with Crippen LogP contribution in [0.2, 0.25) is 5.15 Å². The van der Waals surface area contributed by atoms with E-state index >= 15 is 0 Å². The van der Waals surface area contributed by atoms with Crippen LogP contribution in [-0.2, 0) is 6.54 Å². The molecule has 0 N–H and O–H groups in total. The van der Waals surface area contributed by atoms with Gasteiger partial charge in [-0.2, -0.15) is 0 Å². The zero-order chi connectivity index (χ0) is 17.0. The molecule has 7 heteroatoms. The Bertz CT molecular complexity index is 1100. The van der Waals surface area contributed by atoms with Crippen molar-refractivity contribution in [3.8, 4) is 28.3 Å². The van der Waals surface area contributed by atoms with Crippen molar-refractivity contribution in [1.82, 2.24) is 24.3 Å². The van der Waals surface area contributed by atoms with Gasteiger partial charge in [-0.3, -0.25) is 4.57 Å². The fourth-order valence-corrected chi connectivity index (χ4v) is 3.38. The number of fused-ring (bicyclic) bond motifs is 5. The lowest BCUT2D eigenvalue weighted by atomic mass is 10.1. The molecule has 0 unspecified atom stereocenters. The van der Waals surface area contributed by atoms with E-state index in [1.165, 1.54) is 12.1 Å². The van der Waals surface area contributed by atoms with Crippen LogP contribution in [-0.4, -0.2) is 24.3 Å². The van der Waals surface area contributed by atoms with Gasteiger partial charge in [0, 0.05) is 23.9 Å². The third-order valence-corrected chi connectivity index (χ3v) is 4.59. The molecule has 4 aromatic rings. The predicted molar refractivity (Wildman–Crippen MR) is 92.1 cm³/mol. The number of pyridine rings is 1. The summed E-state index contributed by atoms with van der Waals surface area (Å²) in [5.74, 6) is 0.483. The highest BCUT2D eigenvalue weighted by Crippen LogP contribution is 2.33. The van der Waals surface area contributed by atoms with Gasteiger partial charge in [0.2, 0.25) is 0 Å². The van der Waals surface area contributed by atoms with Gasteiger partial charge in [0.05, 0.1) is 17.6 Å². The molecule has 5 rings (SSSR count). The SMILES string of the molecule is Fc1ccc(-c2cc3n(c2)Cc2cc(Cl)ncc2-n2cnnc2-3)cc1. The van der Waals surface area contributed by atoms with Gasteiger partial charge in [0.15, 0.2) is 5.82 Å². The Morgan fingerprint density at radius 1 is 1.08 bits per heavy atom. The Balaban J connectivity index is 1.71. The summed E-state index contributed by atoms with van der Waals surface area (Å²) in [6, 6.07) is 10.3. The van der Waals surface area contributed by atoms with E-state index in [1.807, 2.05) is 22.9 Å². The van der Waals surface area contributed by atoms with Crippen molar-refractivity contribution in [3.63, 3.8) is 0 Å². The summed E-state index contributed by atoms with van der Waals surface area (Å²) in [6.45, 7) is 0.636. The third kappa shape index (κ3) is 2.26. The molecule has 0 aliphatic carbocycles. The number of aromatic nitrogens is 5. The van der Waals surface area contributed by atoms with Crippen LogP contribution >= 0.6 is 11.6 Å². The second-order valence-electron chi connectivity index (χ2n) is 5.91. The summed E-state index contributed by atoms with van der Waals surface area (Å²) in [4.78, 5) is 4.18. The van der Waals surface area contributed by atoms with E-state index in [4.69, 9.17) is 11.6 Å². The predicted octanol–water partition coefficient (Wildman–Crippen LogP) is 3.95. The topological polar surface area (TPSA) is 48.5 Å². The normalized spacial score (nSPS) is 12.2. The van der Waals surface area contributed by atoms with Crippen molar-refractivity contribution in [2.45, 2.75) is 6.54 Å². The first-order valence-electron chi connectivity index (χ1n) is 7.70. The van der Waals surface area contributed by atoms with Crippen molar-refractivity contribution in [3.05, 3.63) is 71.7 Å². The van der Waals surface area contributed by atoms with Crippen LogP contribution < -0.4 is 0 Å². The second-order valence-corrected chi connectivity index (χ2v) is 6.30. The van der Waals surface area contributed by atoms with E-state index in [2.05, 4.69) is 19.7 Å². The minimum atomic E-state index is -0.250. The van der Waals surface area contributed by atoms with Gasteiger partial charge in [-0.15, -0.1) is 10.2 Å². The third-order valence-electron chi connectivity index (χ3n) is 4.38. The molecule has 0 fully saturated rings. The van der Waals surface area contributed by atoms with Crippen LogP contribution in [0.15, 0.2) is 55.1 Å². The van der Waals surface area contributed by atoms with Crippen molar-refractivity contribution in [1.29, 1.82) is 0 Å². The summed E-state index contributed by atoms with van der Waals surface area (Å²) in [5.41, 5.74) is 4.82. The molecule has 0 spiro atoms. The summed E-state index contributed by atoms with van der Waals surface area (Å²) in [6.07, 6.45) is 5.44. The van der Waals surface area contributed by atoms with E-state index < -0.39 is 0 Å². The van der Waals surface area contributed by atoms with Crippen molar-refractivity contribution < 1.29 is 4.39 Å². The first-order chi connectivity index (χ1) is 12.2. The minimum Gasteiger partial charge on any atom is -0.340 e. The molecule has 0 saturated heterocycles. The molecule has 3 aromatic heterocycles. The van der Waals surface area contributed by atoms with E-state index in [-0.39, 0.29) is 5.82 Å². The van der Waals surface area contributed by atoms with Gasteiger partial charge in [-0.05, 0) is 29.8 Å². The van der Waals surface area contributed by atoms with Gasteiger partial charge in [0.25, 0.3) is 0 Å². The van der Waals surface area contributed by atoms with Crippen LogP contribution in [0.1, 0.15) is 5.56 Å². The van der Waals surface area contributed by atoms with Crippen molar-refractivity contribution in [2.24, 2.45) is 0 Å². The Morgan fingerprint density at radius 3 is 2.76 bits per heavy atom. The van der Waals surface area contributed by atoms with Gasteiger partial charge in [0.1, 0.15) is 17.3 Å². The Morgan fingerprint density at radius 2 is 1.92 bits per heavy atom. The van der Waals surface area contributed by atoms with E-state index in [0.717, 1.165) is 33.9 Å². The average molecular weight is 352 g/mol. The summed E-state index contributed by atoms with van der Waals surface area (Å²) >= 11 is 6.08. The molecule has 0 bridgehead atoms. The molecule has 0 amide bonds. The Hall–Kier alpha value is -2.99. The number of halogens is 2. The first kappa shape index (κ1) is 14.4. The molecule has 25 heavy (non-hydrogen) atoms. The molecular formula is C18H11ClFN5. The monoisotopic (exact) mass is 351 g/mol. The maximum absolute atomic E-state index is 13.2. The highest BCUT2D eigenvalue weighted by atomic mass is 35.5. The smallest absolute Gasteiger partial charge is 0.185 e. The van der Waals surface area contributed by atoms with E-state index in [9.17, 15) is 4.39 Å². The van der Waals surface area contributed by atoms with Gasteiger partial charge >= 0.3 is 0 Å². The number of nitrogens with zero attached hydrogens (tertiary/aromatic N) is 5. The highest BCUT2D eigenvalue weighted by molar-refractivity contribution is 6.29. The minimum absolute atomic E-state index is 0.250. The summed E-state index contributed by atoms with van der Waals surface area (Å²) in [7, 11) is 0. The lowest BCUT2D eigenvalue weighted by molar-refractivity contribution is 0.628. The lowest BCUT2D eigenvalue weighted by Gasteiger charge is -2.08. The molecule has 122 valence electrons. The standard InChI is InChI=1S/C18H11ClFN5/c19-17-6-13-9-24-8-12(11-1-3-14(20)4-2-11)5-15(24)18-23-22-10-25(18)16(13)7-21-17/h1-8,10H,9H2. The molecular weight excluding hydrogens is 341 g/mol. The Kier molecular flexibility index (Phi) is 3.02. The molecule has 1 aliphatic rings. The van der Waals surface area contributed by atoms with Gasteiger partial charge in [-0.25, -0.2) is 9.37 Å². The van der Waals surface area contributed by atoms with E-state index in [1.54, 1.807) is 24.7 Å². The van der Waals surface area contributed by atoms with Crippen LogP contribution in [0.3, 0.4) is 0 Å². The summed E-state index contributed by atoms with van der Waals surface area (Å²) in [5, 5.41) is 8.77. The second kappa shape index (κ2) is 5.26. The molecule has 5 nitrogen and oxygen atoms in total. The van der Waals surface area contributed by atoms with E-state index in [0.29, 0.717) is 11.7 Å². The number of rotatable bonds is 1.